The quantitative estimate of drug-likeness (QED) is 0.277. The van der Waals surface area contributed by atoms with E-state index in [4.69, 9.17) is 24.5 Å². The van der Waals surface area contributed by atoms with Gasteiger partial charge in [-0.1, -0.05) is 50.2 Å². The van der Waals surface area contributed by atoms with Gasteiger partial charge in [0.2, 0.25) is 0 Å². The lowest BCUT2D eigenvalue weighted by Gasteiger charge is -2.39. The third kappa shape index (κ3) is 10.8. The number of pyridine rings is 1. The average Bonchev–Trinajstić information content (AvgIpc) is 3.41. The van der Waals surface area contributed by atoms with Crippen LogP contribution in [-0.4, -0.2) is 88.0 Å². The summed E-state index contributed by atoms with van der Waals surface area (Å²) in [6.07, 6.45) is -5.06. The van der Waals surface area contributed by atoms with Gasteiger partial charge in [-0.3, -0.25) is 14.7 Å². The van der Waals surface area contributed by atoms with E-state index in [-0.39, 0.29) is 5.91 Å². The summed E-state index contributed by atoms with van der Waals surface area (Å²) in [6, 6.07) is 18.2. The first kappa shape index (κ1) is 38.1. The van der Waals surface area contributed by atoms with Crippen molar-refractivity contribution in [1.82, 2.24) is 14.8 Å². The molecule has 2 fully saturated rings. The van der Waals surface area contributed by atoms with Gasteiger partial charge < -0.3 is 19.8 Å². The molecule has 15 heteroatoms. The van der Waals surface area contributed by atoms with Gasteiger partial charge in [0.15, 0.2) is 0 Å². The topological polar surface area (TPSA) is 120 Å². The number of benzene rings is 2. The van der Waals surface area contributed by atoms with Gasteiger partial charge >= 0.3 is 24.3 Å². The molecule has 0 unspecified atom stereocenters. The predicted octanol–water partition coefficient (Wildman–Crippen LogP) is 6.66. The van der Waals surface area contributed by atoms with Crippen molar-refractivity contribution in [3.05, 3.63) is 71.9 Å². The van der Waals surface area contributed by atoms with Gasteiger partial charge in [-0.2, -0.15) is 26.3 Å². The number of piperidine rings is 1. The van der Waals surface area contributed by atoms with Gasteiger partial charge in [-0.25, -0.2) is 9.59 Å². The molecule has 2 N–H and O–H groups in total. The van der Waals surface area contributed by atoms with Gasteiger partial charge in [0.05, 0.1) is 17.7 Å². The number of aliphatic carboxylic acids is 2. The molecule has 0 bridgehead atoms. The Hall–Kier alpha value is -4.40. The number of hydrogen-bond acceptors (Lipinski definition) is 6. The van der Waals surface area contributed by atoms with Crippen LogP contribution in [0.5, 0.6) is 5.75 Å². The Labute approximate surface area is 273 Å². The van der Waals surface area contributed by atoms with Gasteiger partial charge in [0.25, 0.3) is 5.91 Å². The summed E-state index contributed by atoms with van der Waals surface area (Å²) >= 11 is 0. The number of carbonyl (C=O) groups is 3. The molecule has 0 saturated carbocycles. The number of halogens is 6. The zero-order valence-electron chi connectivity index (χ0n) is 26.4. The van der Waals surface area contributed by atoms with E-state index in [1.54, 1.807) is 6.20 Å². The fraction of sp³-hybridized carbons (Fsp3) is 0.455. The maximum atomic E-state index is 13.3. The van der Waals surface area contributed by atoms with E-state index in [1.807, 2.05) is 35.2 Å². The summed E-state index contributed by atoms with van der Waals surface area (Å²) in [5, 5.41) is 15.2. The van der Waals surface area contributed by atoms with Crippen LogP contribution >= 0.6 is 0 Å². The Balaban J connectivity index is 0.000000376. The molecule has 262 valence electrons. The number of fused-ring (bicyclic) bond motifs is 1. The van der Waals surface area contributed by atoms with Crippen molar-refractivity contribution in [3.8, 4) is 5.75 Å². The minimum Gasteiger partial charge on any atom is -0.493 e. The molecule has 1 amide bonds. The van der Waals surface area contributed by atoms with E-state index in [0.717, 1.165) is 74.4 Å². The van der Waals surface area contributed by atoms with E-state index in [9.17, 15) is 31.1 Å². The molecule has 5 rings (SSSR count). The van der Waals surface area contributed by atoms with Crippen LogP contribution in [0.1, 0.15) is 49.0 Å². The number of carbonyl (C=O) groups excluding carboxylic acids is 1. The maximum absolute atomic E-state index is 13.3. The fourth-order valence-electron chi connectivity index (χ4n) is 5.48. The highest BCUT2D eigenvalue weighted by Crippen LogP contribution is 2.41. The smallest absolute Gasteiger partial charge is 0.490 e. The summed E-state index contributed by atoms with van der Waals surface area (Å²) in [4.78, 5) is 40.2. The number of nitrogens with zero attached hydrogens (tertiary/aromatic N) is 3. The first-order chi connectivity index (χ1) is 22.4. The largest absolute Gasteiger partial charge is 0.493 e. The molecular formula is C33H37F6N3O6. The van der Waals surface area contributed by atoms with Crippen molar-refractivity contribution in [1.29, 1.82) is 0 Å². The number of alkyl halides is 6. The monoisotopic (exact) mass is 685 g/mol. The normalized spacial score (nSPS) is 16.1. The van der Waals surface area contributed by atoms with Crippen LogP contribution in [0.3, 0.4) is 0 Å². The Morgan fingerprint density at radius 3 is 1.98 bits per heavy atom. The molecular weight excluding hydrogens is 648 g/mol. The van der Waals surface area contributed by atoms with Gasteiger partial charge in [0, 0.05) is 43.3 Å². The van der Waals surface area contributed by atoms with Crippen LogP contribution in [0.2, 0.25) is 0 Å². The lowest BCUT2D eigenvalue weighted by molar-refractivity contribution is -0.193. The Morgan fingerprint density at radius 2 is 1.40 bits per heavy atom. The summed E-state index contributed by atoms with van der Waals surface area (Å²) in [7, 11) is 0. The lowest BCUT2D eigenvalue weighted by Crippen LogP contribution is -2.44. The van der Waals surface area contributed by atoms with Gasteiger partial charge in [-0.05, 0) is 55.3 Å². The molecule has 2 aliphatic heterocycles. The Kier molecular flexibility index (Phi) is 12.8. The summed E-state index contributed by atoms with van der Waals surface area (Å²) in [5.41, 5.74) is 3.25. The summed E-state index contributed by atoms with van der Waals surface area (Å²) in [6.45, 7) is 9.92. The van der Waals surface area contributed by atoms with Crippen LogP contribution in [0.15, 0.2) is 60.8 Å². The number of aromatic nitrogens is 1. The second kappa shape index (κ2) is 16.1. The van der Waals surface area contributed by atoms with Crippen molar-refractivity contribution in [2.45, 2.75) is 52.0 Å². The molecule has 3 heterocycles. The van der Waals surface area contributed by atoms with Crippen LogP contribution in [0, 0.1) is 11.3 Å². The maximum Gasteiger partial charge on any atom is 0.490 e. The Bertz CT molecular complexity index is 1530. The number of amides is 1. The predicted molar refractivity (Wildman–Crippen MR) is 163 cm³/mol. The van der Waals surface area contributed by atoms with Crippen molar-refractivity contribution >= 4 is 28.7 Å². The summed E-state index contributed by atoms with van der Waals surface area (Å²) < 4.78 is 69.6. The molecule has 2 aromatic carbocycles. The number of likely N-dealkylation sites (tertiary alicyclic amines) is 2. The van der Waals surface area contributed by atoms with Crippen LogP contribution < -0.4 is 4.74 Å². The van der Waals surface area contributed by atoms with Crippen LogP contribution in [0.4, 0.5) is 26.3 Å². The molecule has 0 radical (unpaired) electrons. The molecule has 3 aromatic rings. The molecule has 2 saturated heterocycles. The minimum absolute atomic E-state index is 0.138. The highest BCUT2D eigenvalue weighted by atomic mass is 19.4. The molecule has 2 aliphatic rings. The van der Waals surface area contributed by atoms with Crippen LogP contribution in [-0.2, 0) is 16.1 Å². The second-order valence-electron chi connectivity index (χ2n) is 12.0. The molecule has 0 aliphatic carbocycles. The Morgan fingerprint density at radius 1 is 0.854 bits per heavy atom. The first-order valence-electron chi connectivity index (χ1n) is 15.1. The molecule has 9 nitrogen and oxygen atoms in total. The van der Waals surface area contributed by atoms with Crippen molar-refractivity contribution in [2.75, 3.05) is 32.8 Å². The number of ether oxygens (including phenoxy) is 1. The van der Waals surface area contributed by atoms with E-state index in [2.05, 4.69) is 48.0 Å². The summed E-state index contributed by atoms with van der Waals surface area (Å²) in [5.74, 6) is -3.84. The zero-order chi connectivity index (χ0) is 35.7. The minimum atomic E-state index is -5.08. The lowest BCUT2D eigenvalue weighted by atomic mass is 9.77. The first-order valence-corrected chi connectivity index (χ1v) is 15.1. The van der Waals surface area contributed by atoms with Crippen molar-refractivity contribution in [2.24, 2.45) is 11.3 Å². The highest BCUT2D eigenvalue weighted by Gasteiger charge is 2.42. The average molecular weight is 686 g/mol. The molecule has 0 atom stereocenters. The fourth-order valence-corrected chi connectivity index (χ4v) is 5.48. The highest BCUT2D eigenvalue weighted by molar-refractivity contribution is 6.06. The van der Waals surface area contributed by atoms with E-state index >= 15 is 0 Å². The number of carboxylic acids is 2. The van der Waals surface area contributed by atoms with E-state index in [0.29, 0.717) is 11.3 Å². The molecule has 48 heavy (non-hydrogen) atoms. The number of para-hydroxylation sites is 2. The van der Waals surface area contributed by atoms with Crippen molar-refractivity contribution in [3.63, 3.8) is 0 Å². The van der Waals surface area contributed by atoms with Crippen LogP contribution in [0.25, 0.3) is 10.9 Å². The SMILES string of the molecule is CC(C)COc1ccccc1CN1CCC2(CCN(C(=O)c3ccnc4ccccc34)CC2)C1.O=C(O)C(F)(F)F.O=C(O)C(F)(F)F. The zero-order valence-corrected chi connectivity index (χ0v) is 26.4. The van der Waals surface area contributed by atoms with Crippen molar-refractivity contribution < 1.29 is 55.7 Å². The number of carboxylic acid groups (broad SMARTS) is 2. The molecule has 1 aromatic heterocycles. The number of hydrogen-bond donors (Lipinski definition) is 2. The van der Waals surface area contributed by atoms with E-state index in [1.165, 1.54) is 12.0 Å². The third-order valence-electron chi connectivity index (χ3n) is 7.93. The second-order valence-corrected chi connectivity index (χ2v) is 12.0. The van der Waals surface area contributed by atoms with Gasteiger partial charge in [-0.15, -0.1) is 0 Å². The molecule has 1 spiro atoms. The third-order valence-corrected chi connectivity index (χ3v) is 7.93. The van der Waals surface area contributed by atoms with E-state index < -0.39 is 24.3 Å². The number of rotatable bonds is 6. The standard InChI is InChI=1S/C29H35N3O2.2C2HF3O2/c1-22(2)20-34-27-10-6-3-7-23(27)19-31-16-12-29(21-31)13-17-32(18-14-29)28(33)25-11-15-30-26-9-5-4-8-24(25)26;2*3-2(4,5)1(6)7/h3-11,15,22H,12-14,16-21H2,1-2H3;2*(H,6,7). The van der Waals surface area contributed by atoms with Gasteiger partial charge in [0.1, 0.15) is 5.75 Å².